The van der Waals surface area contributed by atoms with Gasteiger partial charge in [0, 0.05) is 24.8 Å². The number of halogens is 2. The van der Waals surface area contributed by atoms with Crippen molar-refractivity contribution in [1.82, 2.24) is 34.5 Å². The van der Waals surface area contributed by atoms with E-state index >= 15 is 0 Å². The molecule has 43 heavy (non-hydrogen) atoms. The fraction of sp³-hybridized carbons (Fsp3) is 0.483. The number of carbonyl (C=O) groups is 1. The van der Waals surface area contributed by atoms with Crippen molar-refractivity contribution < 1.29 is 23.5 Å². The molecule has 1 amide bonds. The minimum Gasteiger partial charge on any atom is -0.479 e. The Balaban J connectivity index is 1.49. The van der Waals surface area contributed by atoms with Gasteiger partial charge in [0.1, 0.15) is 22.8 Å². The maximum absolute atomic E-state index is 13.8. The van der Waals surface area contributed by atoms with E-state index in [9.17, 15) is 14.3 Å². The molecule has 1 saturated heterocycles. The van der Waals surface area contributed by atoms with Crippen molar-refractivity contribution in [2.75, 3.05) is 19.7 Å². The predicted molar refractivity (Wildman–Crippen MR) is 163 cm³/mol. The van der Waals surface area contributed by atoms with Crippen LogP contribution in [0.15, 0.2) is 36.8 Å². The van der Waals surface area contributed by atoms with Crippen LogP contribution in [0.2, 0.25) is 23.2 Å². The van der Waals surface area contributed by atoms with E-state index in [1.807, 2.05) is 23.9 Å². The quantitative estimate of drug-likeness (QED) is 0.218. The summed E-state index contributed by atoms with van der Waals surface area (Å²) in [5.74, 6) is 0.00176. The number of fused-ring (bicyclic) bond motifs is 1. The number of nitrogens with zero attached hydrogens (tertiary/aromatic N) is 7. The Labute approximate surface area is 255 Å². The lowest BCUT2D eigenvalue weighted by atomic mass is 10.0. The minimum atomic E-state index is -2.16. The lowest BCUT2D eigenvalue weighted by Gasteiger charge is -2.37. The van der Waals surface area contributed by atoms with Gasteiger partial charge in [-0.2, -0.15) is 5.10 Å². The molecule has 5 rings (SSSR count). The molecule has 0 saturated carbocycles. The van der Waals surface area contributed by atoms with Crippen molar-refractivity contribution in [3.63, 3.8) is 0 Å². The second kappa shape index (κ2) is 11.9. The summed E-state index contributed by atoms with van der Waals surface area (Å²) in [6.07, 6.45) is 4.27. The van der Waals surface area contributed by atoms with Gasteiger partial charge < -0.3 is 19.2 Å². The molecule has 0 spiro atoms. The topological polar surface area (TPSA) is 120 Å². The molecular formula is C29H37ClFN7O4Si. The van der Waals surface area contributed by atoms with Crippen LogP contribution in [0.5, 0.6) is 5.75 Å². The molecule has 14 heteroatoms. The molecule has 1 atom stereocenters. The standard InChI is InChI=1S/C29H37ClFN7O4Si/c1-18-26(34-35-38(18)21-9-11-36(12-10-21)28(39)40)19-13-24(27-22(30)15-33-37(27)16-19)42-25(23-8-7-20(31)14-32-23)17-41-43(5,6)29(2,3)4/h7-8,13-16,21,25H,9-12,17H2,1-6H3,(H,39,40). The molecule has 1 N–H and O–H groups in total. The molecule has 0 bridgehead atoms. The number of rotatable bonds is 8. The van der Waals surface area contributed by atoms with Gasteiger partial charge >= 0.3 is 6.09 Å². The zero-order valence-corrected chi connectivity index (χ0v) is 27.0. The lowest BCUT2D eigenvalue weighted by Crippen LogP contribution is -2.42. The van der Waals surface area contributed by atoms with E-state index in [2.05, 4.69) is 54.3 Å². The first-order valence-electron chi connectivity index (χ1n) is 14.2. The van der Waals surface area contributed by atoms with E-state index in [1.165, 1.54) is 17.2 Å². The van der Waals surface area contributed by atoms with Crippen LogP contribution in [-0.4, -0.2) is 73.7 Å². The van der Waals surface area contributed by atoms with Crippen LogP contribution < -0.4 is 4.74 Å². The summed E-state index contributed by atoms with van der Waals surface area (Å²) in [4.78, 5) is 17.1. The van der Waals surface area contributed by atoms with E-state index in [1.54, 1.807) is 16.8 Å². The van der Waals surface area contributed by atoms with E-state index in [4.69, 9.17) is 20.8 Å². The molecule has 11 nitrogen and oxygen atoms in total. The second-order valence-corrected chi connectivity index (χ2v) is 17.6. The van der Waals surface area contributed by atoms with Crippen LogP contribution in [0.4, 0.5) is 9.18 Å². The van der Waals surface area contributed by atoms with Crippen molar-refractivity contribution in [3.05, 3.63) is 59.0 Å². The van der Waals surface area contributed by atoms with Gasteiger partial charge in [-0.25, -0.2) is 18.4 Å². The highest BCUT2D eigenvalue weighted by molar-refractivity contribution is 6.74. The van der Waals surface area contributed by atoms with Crippen LogP contribution >= 0.6 is 11.6 Å². The van der Waals surface area contributed by atoms with Crippen molar-refractivity contribution in [1.29, 1.82) is 0 Å². The summed E-state index contributed by atoms with van der Waals surface area (Å²) in [6.45, 7) is 13.8. The summed E-state index contributed by atoms with van der Waals surface area (Å²) < 4.78 is 30.4. The normalized spacial score (nSPS) is 15.7. The number of carboxylic acid groups (broad SMARTS) is 1. The molecule has 0 aromatic carbocycles. The number of hydrogen-bond acceptors (Lipinski definition) is 7. The third kappa shape index (κ3) is 6.38. The van der Waals surface area contributed by atoms with E-state index < -0.39 is 26.3 Å². The zero-order valence-electron chi connectivity index (χ0n) is 25.2. The molecular weight excluding hydrogens is 593 g/mol. The Morgan fingerprint density at radius 2 is 1.95 bits per heavy atom. The number of pyridine rings is 2. The van der Waals surface area contributed by atoms with Gasteiger partial charge in [-0.3, -0.25) is 4.98 Å². The van der Waals surface area contributed by atoms with Gasteiger partial charge in [0.15, 0.2) is 14.4 Å². The average molecular weight is 630 g/mol. The van der Waals surface area contributed by atoms with Crippen molar-refractivity contribution >= 4 is 31.5 Å². The smallest absolute Gasteiger partial charge is 0.407 e. The van der Waals surface area contributed by atoms with Crippen molar-refractivity contribution in [3.8, 4) is 17.0 Å². The molecule has 1 unspecified atom stereocenters. The Morgan fingerprint density at radius 1 is 1.23 bits per heavy atom. The Morgan fingerprint density at radius 3 is 2.58 bits per heavy atom. The summed E-state index contributed by atoms with van der Waals surface area (Å²) >= 11 is 6.58. The van der Waals surface area contributed by atoms with Gasteiger partial charge in [-0.05, 0) is 56.1 Å². The van der Waals surface area contributed by atoms with Crippen LogP contribution in [0.1, 0.15) is 57.1 Å². The highest BCUT2D eigenvalue weighted by atomic mass is 35.5. The maximum Gasteiger partial charge on any atom is 0.407 e. The Hall–Kier alpha value is -3.55. The highest BCUT2D eigenvalue weighted by Gasteiger charge is 2.38. The summed E-state index contributed by atoms with van der Waals surface area (Å²) in [7, 11) is -2.16. The Bertz CT molecular complexity index is 1610. The number of likely N-dealkylation sites (tertiary alicyclic amines) is 1. The van der Waals surface area contributed by atoms with Crippen LogP contribution in [-0.2, 0) is 4.43 Å². The van der Waals surface area contributed by atoms with Crippen LogP contribution in [0.25, 0.3) is 16.8 Å². The molecule has 1 fully saturated rings. The molecule has 0 radical (unpaired) electrons. The van der Waals surface area contributed by atoms with E-state index in [0.29, 0.717) is 59.2 Å². The first kappa shape index (κ1) is 30.9. The fourth-order valence-electron chi connectivity index (χ4n) is 4.93. The minimum absolute atomic E-state index is 0.0245. The van der Waals surface area contributed by atoms with Crippen LogP contribution in [0.3, 0.4) is 0 Å². The molecule has 1 aliphatic heterocycles. The largest absolute Gasteiger partial charge is 0.479 e. The Kier molecular flexibility index (Phi) is 8.51. The fourth-order valence-corrected chi connectivity index (χ4v) is 6.16. The first-order chi connectivity index (χ1) is 20.2. The third-order valence-electron chi connectivity index (χ3n) is 8.57. The number of ether oxygens (including phenoxy) is 1. The zero-order chi connectivity index (χ0) is 31.1. The van der Waals surface area contributed by atoms with Crippen LogP contribution in [0, 0.1) is 12.7 Å². The predicted octanol–water partition coefficient (Wildman–Crippen LogP) is 6.55. The molecule has 230 valence electrons. The molecule has 4 aromatic heterocycles. The van der Waals surface area contributed by atoms with Crippen molar-refractivity contribution in [2.45, 2.75) is 70.8 Å². The number of aromatic nitrogens is 6. The summed E-state index contributed by atoms with van der Waals surface area (Å²) in [5.41, 5.74) is 3.29. The molecule has 0 aliphatic carbocycles. The average Bonchev–Trinajstić information content (AvgIpc) is 3.53. The highest BCUT2D eigenvalue weighted by Crippen LogP contribution is 2.39. The number of piperidine rings is 1. The first-order valence-corrected chi connectivity index (χ1v) is 17.5. The summed E-state index contributed by atoms with van der Waals surface area (Å²) in [5, 5.41) is 23.0. The van der Waals surface area contributed by atoms with E-state index in [0.717, 1.165) is 5.69 Å². The van der Waals surface area contributed by atoms with Gasteiger partial charge in [-0.15, -0.1) is 5.10 Å². The monoisotopic (exact) mass is 629 g/mol. The van der Waals surface area contributed by atoms with Crippen molar-refractivity contribution in [2.24, 2.45) is 0 Å². The molecule has 1 aliphatic rings. The molecule has 5 heterocycles. The lowest BCUT2D eigenvalue weighted by molar-refractivity contribution is 0.118. The van der Waals surface area contributed by atoms with E-state index in [-0.39, 0.29) is 17.7 Å². The van der Waals surface area contributed by atoms with Gasteiger partial charge in [0.2, 0.25) is 0 Å². The maximum atomic E-state index is 13.8. The third-order valence-corrected chi connectivity index (χ3v) is 13.3. The second-order valence-electron chi connectivity index (χ2n) is 12.4. The summed E-state index contributed by atoms with van der Waals surface area (Å²) in [6, 6.07) is 4.84. The molecule has 4 aromatic rings. The number of hydrogen-bond donors (Lipinski definition) is 1. The van der Waals surface area contributed by atoms with Gasteiger partial charge in [0.25, 0.3) is 0 Å². The van der Waals surface area contributed by atoms with Gasteiger partial charge in [-0.1, -0.05) is 37.6 Å². The SMILES string of the molecule is Cc1c(-c2cc(OC(CO[Si](C)(C)C(C)(C)C)c3ccc(F)cn3)c3c(Cl)cnn3c2)nnn1C1CCN(C(=O)O)CC1. The van der Waals surface area contributed by atoms with Gasteiger partial charge in [0.05, 0.1) is 41.5 Å². The number of amides is 1.